The number of carbonyl (C=O) groups is 1. The minimum absolute atomic E-state index is 0.479. The van der Waals surface area contributed by atoms with Crippen LogP contribution in [0.15, 0.2) is 4.99 Å². The largest absolute Gasteiger partial charge is 0.467 e. The summed E-state index contributed by atoms with van der Waals surface area (Å²) in [5, 5.41) is 0. The van der Waals surface area contributed by atoms with Crippen LogP contribution in [0.2, 0.25) is 0 Å². The Hall–Kier alpha value is -0.800. The molecular weight excluding hydrogens is 178 g/mol. The summed E-state index contributed by atoms with van der Waals surface area (Å²) in [7, 11) is 1.27. The van der Waals surface area contributed by atoms with Gasteiger partial charge in [0.15, 0.2) is 6.04 Å². The second-order valence-corrected chi connectivity index (χ2v) is 3.03. The quantitative estimate of drug-likeness (QED) is 0.361. The fourth-order valence-electron chi connectivity index (χ4n) is 0.664. The third-order valence-corrected chi connectivity index (χ3v) is 1.92. The molecule has 0 fully saturated rings. The van der Waals surface area contributed by atoms with Gasteiger partial charge in [0.2, 0.25) is 6.08 Å². The Labute approximate surface area is 75.4 Å². The van der Waals surface area contributed by atoms with Gasteiger partial charge in [0.1, 0.15) is 0 Å². The molecule has 0 spiro atoms. The average molecular weight is 189 g/mol. The van der Waals surface area contributed by atoms with Crippen LogP contribution in [0.5, 0.6) is 0 Å². The fraction of sp³-hybridized carbons (Fsp3) is 0.714. The highest BCUT2D eigenvalue weighted by Crippen LogP contribution is 2.04. The molecule has 0 amide bonds. The van der Waals surface area contributed by atoms with Crippen molar-refractivity contribution in [2.45, 2.75) is 12.5 Å². The number of hydrogen-bond acceptors (Lipinski definition) is 5. The van der Waals surface area contributed by atoms with Crippen molar-refractivity contribution >= 4 is 23.8 Å². The van der Waals surface area contributed by atoms with Gasteiger partial charge in [0, 0.05) is 0 Å². The number of isocyanates is 1. The zero-order valence-corrected chi connectivity index (χ0v) is 7.89. The van der Waals surface area contributed by atoms with Gasteiger partial charge in [-0.15, -0.1) is 0 Å². The van der Waals surface area contributed by atoms with E-state index in [1.807, 2.05) is 6.26 Å². The number of methoxy groups -OCH3 is 1. The monoisotopic (exact) mass is 189 g/mol. The number of rotatable bonds is 5. The van der Waals surface area contributed by atoms with Gasteiger partial charge in [-0.1, -0.05) is 0 Å². The number of ether oxygens (including phenoxy) is 1. The van der Waals surface area contributed by atoms with Crippen LogP contribution in [0, 0.1) is 0 Å². The van der Waals surface area contributed by atoms with Crippen molar-refractivity contribution in [2.24, 2.45) is 4.99 Å². The molecule has 0 aliphatic heterocycles. The first kappa shape index (κ1) is 11.2. The van der Waals surface area contributed by atoms with E-state index in [1.165, 1.54) is 13.2 Å². The van der Waals surface area contributed by atoms with Crippen LogP contribution < -0.4 is 0 Å². The highest BCUT2D eigenvalue weighted by Gasteiger charge is 2.16. The molecule has 1 atom stereocenters. The van der Waals surface area contributed by atoms with E-state index >= 15 is 0 Å². The van der Waals surface area contributed by atoms with Crippen LogP contribution in [0.25, 0.3) is 0 Å². The van der Waals surface area contributed by atoms with Crippen molar-refractivity contribution in [1.82, 2.24) is 0 Å². The number of esters is 1. The first-order valence-corrected chi connectivity index (χ1v) is 4.79. The maximum absolute atomic E-state index is 10.9. The standard InChI is InChI=1S/C7H11NO3S/c1-11-7(10)6(8-5-9)3-4-12-2/h6H,3-4H2,1-2H3/t6-/m1/s1. The van der Waals surface area contributed by atoms with E-state index in [0.29, 0.717) is 6.42 Å². The van der Waals surface area contributed by atoms with Gasteiger partial charge in [-0.2, -0.15) is 16.8 Å². The molecule has 5 heteroatoms. The molecule has 0 aromatic carbocycles. The molecular formula is C7H11NO3S. The first-order valence-electron chi connectivity index (χ1n) is 3.40. The van der Waals surface area contributed by atoms with Crippen molar-refractivity contribution < 1.29 is 14.3 Å². The normalized spacial score (nSPS) is 11.5. The number of nitrogens with zero attached hydrogens (tertiary/aromatic N) is 1. The summed E-state index contributed by atoms with van der Waals surface area (Å²) < 4.78 is 4.44. The maximum Gasteiger partial charge on any atom is 0.331 e. The lowest BCUT2D eigenvalue weighted by molar-refractivity contribution is -0.142. The second-order valence-electron chi connectivity index (χ2n) is 2.04. The molecule has 0 heterocycles. The van der Waals surface area contributed by atoms with Crippen LogP contribution in [0.3, 0.4) is 0 Å². The van der Waals surface area contributed by atoms with E-state index in [0.717, 1.165) is 5.75 Å². The summed E-state index contributed by atoms with van der Waals surface area (Å²) in [6.07, 6.45) is 3.79. The highest BCUT2D eigenvalue weighted by molar-refractivity contribution is 7.98. The molecule has 0 aromatic heterocycles. The number of aliphatic imine (C=N–C) groups is 1. The van der Waals surface area contributed by atoms with E-state index in [2.05, 4.69) is 9.73 Å². The van der Waals surface area contributed by atoms with Gasteiger partial charge < -0.3 is 4.74 Å². The zero-order chi connectivity index (χ0) is 9.40. The van der Waals surface area contributed by atoms with E-state index in [9.17, 15) is 9.59 Å². The summed E-state index contributed by atoms with van der Waals surface area (Å²) in [6.45, 7) is 0. The van der Waals surface area contributed by atoms with Gasteiger partial charge in [-0.25, -0.2) is 9.59 Å². The van der Waals surface area contributed by atoms with E-state index < -0.39 is 12.0 Å². The molecule has 0 saturated carbocycles. The Balaban J connectivity index is 4.03. The summed E-state index contributed by atoms with van der Waals surface area (Å²) >= 11 is 1.59. The van der Waals surface area contributed by atoms with E-state index in [-0.39, 0.29) is 0 Å². The van der Waals surface area contributed by atoms with Crippen LogP contribution in [-0.2, 0) is 14.3 Å². The van der Waals surface area contributed by atoms with Crippen molar-refractivity contribution in [1.29, 1.82) is 0 Å². The lowest BCUT2D eigenvalue weighted by Crippen LogP contribution is -2.20. The third-order valence-electron chi connectivity index (χ3n) is 1.28. The molecule has 68 valence electrons. The van der Waals surface area contributed by atoms with Crippen molar-refractivity contribution in [2.75, 3.05) is 19.1 Å². The number of carbonyl (C=O) groups excluding carboxylic acids is 2. The van der Waals surface area contributed by atoms with Gasteiger partial charge in [-0.3, -0.25) is 0 Å². The van der Waals surface area contributed by atoms with Gasteiger partial charge in [0.05, 0.1) is 7.11 Å². The molecule has 0 rings (SSSR count). The van der Waals surface area contributed by atoms with Crippen molar-refractivity contribution in [3.63, 3.8) is 0 Å². The Morgan fingerprint density at radius 3 is 2.83 bits per heavy atom. The molecule has 0 aliphatic rings. The van der Waals surface area contributed by atoms with Gasteiger partial charge >= 0.3 is 5.97 Å². The SMILES string of the molecule is COC(=O)[C@@H](CCSC)N=C=O. The van der Waals surface area contributed by atoms with Crippen molar-refractivity contribution in [3.05, 3.63) is 0 Å². The maximum atomic E-state index is 10.9. The Morgan fingerprint density at radius 2 is 2.42 bits per heavy atom. The molecule has 0 bridgehead atoms. The molecule has 0 saturated heterocycles. The van der Waals surface area contributed by atoms with Gasteiger partial charge in [-0.05, 0) is 18.4 Å². The Morgan fingerprint density at radius 1 is 1.75 bits per heavy atom. The smallest absolute Gasteiger partial charge is 0.331 e. The Bertz CT molecular complexity index is 189. The van der Waals surface area contributed by atoms with Crippen LogP contribution in [0.4, 0.5) is 0 Å². The molecule has 0 aliphatic carbocycles. The molecule has 0 aromatic rings. The molecule has 0 unspecified atom stereocenters. The first-order chi connectivity index (χ1) is 5.76. The highest BCUT2D eigenvalue weighted by atomic mass is 32.2. The van der Waals surface area contributed by atoms with Crippen LogP contribution in [0.1, 0.15) is 6.42 Å². The lowest BCUT2D eigenvalue weighted by Gasteiger charge is -2.05. The molecule has 4 nitrogen and oxygen atoms in total. The summed E-state index contributed by atoms with van der Waals surface area (Å²) in [5.74, 6) is 0.290. The summed E-state index contributed by atoms with van der Waals surface area (Å²) in [4.78, 5) is 24.1. The summed E-state index contributed by atoms with van der Waals surface area (Å²) in [6, 6.07) is -0.681. The summed E-state index contributed by atoms with van der Waals surface area (Å²) in [5.41, 5.74) is 0. The topological polar surface area (TPSA) is 55.7 Å². The predicted octanol–water partition coefficient (Wildman–Crippen LogP) is 0.617. The average Bonchev–Trinajstić information content (AvgIpc) is 2.11. The van der Waals surface area contributed by atoms with Gasteiger partial charge in [0.25, 0.3) is 0 Å². The molecule has 0 radical (unpaired) electrons. The minimum atomic E-state index is -0.681. The second kappa shape index (κ2) is 6.88. The van der Waals surface area contributed by atoms with Crippen LogP contribution >= 0.6 is 11.8 Å². The van der Waals surface area contributed by atoms with Crippen molar-refractivity contribution in [3.8, 4) is 0 Å². The lowest BCUT2D eigenvalue weighted by atomic mass is 10.2. The van der Waals surface area contributed by atoms with E-state index in [1.54, 1.807) is 11.8 Å². The van der Waals surface area contributed by atoms with Crippen LogP contribution in [-0.4, -0.2) is 37.2 Å². The molecule has 12 heavy (non-hydrogen) atoms. The number of hydrogen-bond donors (Lipinski definition) is 0. The third kappa shape index (κ3) is 4.16. The van der Waals surface area contributed by atoms with E-state index in [4.69, 9.17) is 0 Å². The zero-order valence-electron chi connectivity index (χ0n) is 7.07. The minimum Gasteiger partial charge on any atom is -0.467 e. The number of thioether (sulfide) groups is 1. The fourth-order valence-corrected chi connectivity index (χ4v) is 1.12. The Kier molecular flexibility index (Phi) is 6.42. The molecule has 0 N–H and O–H groups in total. The predicted molar refractivity (Wildman–Crippen MR) is 46.9 cm³/mol.